The summed E-state index contributed by atoms with van der Waals surface area (Å²) < 4.78 is 0. The largest absolute Gasteiger partial charge is 0.338 e. The SMILES string of the molecule is O=C(Nc1ccc2nc(-c3ccc(NC(=O)C4CCCCCC4)cc3)[nH]c2c1)c1cccs1. The van der Waals surface area contributed by atoms with Gasteiger partial charge >= 0.3 is 0 Å². The molecule has 33 heavy (non-hydrogen) atoms. The van der Waals surface area contributed by atoms with Crippen LogP contribution in [-0.4, -0.2) is 21.8 Å². The Balaban J connectivity index is 1.27. The lowest BCUT2D eigenvalue weighted by atomic mass is 9.99. The van der Waals surface area contributed by atoms with Crippen LogP contribution in [0.3, 0.4) is 0 Å². The maximum atomic E-state index is 12.6. The van der Waals surface area contributed by atoms with Gasteiger partial charge in [-0.2, -0.15) is 0 Å². The van der Waals surface area contributed by atoms with Crippen LogP contribution in [0.15, 0.2) is 60.0 Å². The van der Waals surface area contributed by atoms with Gasteiger partial charge in [0.25, 0.3) is 5.91 Å². The summed E-state index contributed by atoms with van der Waals surface area (Å²) >= 11 is 1.41. The molecule has 0 saturated heterocycles. The zero-order valence-electron chi connectivity index (χ0n) is 18.3. The van der Waals surface area contributed by atoms with Gasteiger partial charge in [0.1, 0.15) is 5.82 Å². The number of aromatic amines is 1. The standard InChI is InChI=1S/C26H26N4O2S/c31-25(18-6-3-1-2-4-7-18)27-19-11-9-17(10-12-19)24-29-21-14-13-20(16-22(21)30-24)28-26(32)23-8-5-15-33-23/h5,8-16,18H,1-4,6-7H2,(H,27,31)(H,28,32)(H,29,30). The highest BCUT2D eigenvalue weighted by molar-refractivity contribution is 7.12. The minimum absolute atomic E-state index is 0.120. The van der Waals surface area contributed by atoms with Crippen molar-refractivity contribution in [2.75, 3.05) is 10.6 Å². The molecule has 2 aromatic carbocycles. The van der Waals surface area contributed by atoms with Crippen LogP contribution in [0.5, 0.6) is 0 Å². The second-order valence-corrected chi connectivity index (χ2v) is 9.45. The first kappa shape index (κ1) is 21.4. The molecule has 2 heterocycles. The van der Waals surface area contributed by atoms with Gasteiger partial charge < -0.3 is 15.6 Å². The van der Waals surface area contributed by atoms with E-state index in [0.717, 1.165) is 53.8 Å². The van der Waals surface area contributed by atoms with E-state index in [9.17, 15) is 9.59 Å². The maximum absolute atomic E-state index is 12.6. The van der Waals surface area contributed by atoms with E-state index in [-0.39, 0.29) is 17.7 Å². The van der Waals surface area contributed by atoms with E-state index in [1.807, 2.05) is 53.9 Å². The number of H-pyrrole nitrogens is 1. The van der Waals surface area contributed by atoms with Gasteiger partial charge in [0, 0.05) is 22.9 Å². The molecule has 5 rings (SSSR count). The Morgan fingerprint density at radius 3 is 2.39 bits per heavy atom. The molecule has 168 valence electrons. The Morgan fingerprint density at radius 2 is 1.67 bits per heavy atom. The summed E-state index contributed by atoms with van der Waals surface area (Å²) in [4.78, 5) is 33.6. The number of nitrogens with zero attached hydrogens (tertiary/aromatic N) is 1. The molecule has 0 unspecified atom stereocenters. The molecule has 0 spiro atoms. The van der Waals surface area contributed by atoms with Gasteiger partial charge in [-0.1, -0.05) is 31.7 Å². The third kappa shape index (κ3) is 4.98. The first-order valence-electron chi connectivity index (χ1n) is 11.4. The lowest BCUT2D eigenvalue weighted by Crippen LogP contribution is -2.22. The van der Waals surface area contributed by atoms with Gasteiger partial charge in [0.15, 0.2) is 0 Å². The number of aromatic nitrogens is 2. The first-order valence-corrected chi connectivity index (χ1v) is 12.3. The van der Waals surface area contributed by atoms with E-state index in [1.165, 1.54) is 24.2 Å². The van der Waals surface area contributed by atoms with Crippen molar-refractivity contribution in [1.82, 2.24) is 9.97 Å². The zero-order chi connectivity index (χ0) is 22.6. The number of rotatable bonds is 5. The Labute approximate surface area is 196 Å². The van der Waals surface area contributed by atoms with E-state index in [2.05, 4.69) is 20.6 Å². The fourth-order valence-electron chi connectivity index (χ4n) is 4.32. The lowest BCUT2D eigenvalue weighted by Gasteiger charge is -2.14. The van der Waals surface area contributed by atoms with E-state index >= 15 is 0 Å². The molecular formula is C26H26N4O2S. The number of hydrogen-bond donors (Lipinski definition) is 3. The lowest BCUT2D eigenvalue weighted by molar-refractivity contribution is -0.120. The summed E-state index contributed by atoms with van der Waals surface area (Å²) in [6, 6.07) is 17.0. The molecule has 1 aliphatic carbocycles. The van der Waals surface area contributed by atoms with Crippen LogP contribution in [0.1, 0.15) is 48.2 Å². The molecule has 1 saturated carbocycles. The van der Waals surface area contributed by atoms with Crippen LogP contribution in [0.2, 0.25) is 0 Å². The molecule has 0 atom stereocenters. The predicted octanol–water partition coefficient (Wildman–Crippen LogP) is 6.45. The van der Waals surface area contributed by atoms with Crippen LogP contribution in [0, 0.1) is 5.92 Å². The summed E-state index contributed by atoms with van der Waals surface area (Å²) in [7, 11) is 0. The van der Waals surface area contributed by atoms with Crippen molar-refractivity contribution >= 4 is 45.6 Å². The molecule has 0 bridgehead atoms. The number of amides is 2. The van der Waals surface area contributed by atoms with Gasteiger partial charge in [-0.3, -0.25) is 9.59 Å². The van der Waals surface area contributed by atoms with Crippen LogP contribution in [-0.2, 0) is 4.79 Å². The molecule has 2 aromatic heterocycles. The number of imidazole rings is 1. The molecule has 0 aliphatic heterocycles. The van der Waals surface area contributed by atoms with E-state index < -0.39 is 0 Å². The fourth-order valence-corrected chi connectivity index (χ4v) is 4.94. The second kappa shape index (κ2) is 9.58. The number of fused-ring (bicyclic) bond motifs is 1. The number of carbonyl (C=O) groups excluding carboxylic acids is 2. The van der Waals surface area contributed by atoms with Crippen LogP contribution in [0.25, 0.3) is 22.4 Å². The van der Waals surface area contributed by atoms with Crippen molar-refractivity contribution in [3.05, 3.63) is 64.9 Å². The topological polar surface area (TPSA) is 86.9 Å². The van der Waals surface area contributed by atoms with Crippen molar-refractivity contribution in [3.8, 4) is 11.4 Å². The summed E-state index contributed by atoms with van der Waals surface area (Å²) in [6.07, 6.45) is 6.72. The Morgan fingerprint density at radius 1 is 0.909 bits per heavy atom. The number of hydrogen-bond acceptors (Lipinski definition) is 4. The molecule has 6 nitrogen and oxygen atoms in total. The highest BCUT2D eigenvalue weighted by Gasteiger charge is 2.20. The van der Waals surface area contributed by atoms with Crippen molar-refractivity contribution in [3.63, 3.8) is 0 Å². The number of anilines is 2. The molecule has 3 N–H and O–H groups in total. The van der Waals surface area contributed by atoms with Crippen molar-refractivity contribution in [2.24, 2.45) is 5.92 Å². The molecule has 0 radical (unpaired) electrons. The molecule has 7 heteroatoms. The van der Waals surface area contributed by atoms with Gasteiger partial charge in [-0.05, 0) is 66.8 Å². The summed E-state index contributed by atoms with van der Waals surface area (Å²) in [5.41, 5.74) is 4.13. The monoisotopic (exact) mass is 458 g/mol. The minimum Gasteiger partial charge on any atom is -0.338 e. The third-order valence-electron chi connectivity index (χ3n) is 6.14. The van der Waals surface area contributed by atoms with Crippen LogP contribution < -0.4 is 10.6 Å². The molecule has 1 aliphatic rings. The van der Waals surface area contributed by atoms with Crippen LogP contribution >= 0.6 is 11.3 Å². The Kier molecular flexibility index (Phi) is 6.21. The highest BCUT2D eigenvalue weighted by Crippen LogP contribution is 2.27. The smallest absolute Gasteiger partial charge is 0.265 e. The van der Waals surface area contributed by atoms with E-state index in [4.69, 9.17) is 0 Å². The highest BCUT2D eigenvalue weighted by atomic mass is 32.1. The molecule has 4 aromatic rings. The Hall–Kier alpha value is -3.45. The summed E-state index contributed by atoms with van der Waals surface area (Å²) in [5.74, 6) is 0.876. The van der Waals surface area contributed by atoms with Crippen molar-refractivity contribution < 1.29 is 9.59 Å². The number of nitrogens with one attached hydrogen (secondary N) is 3. The van der Waals surface area contributed by atoms with Gasteiger partial charge in [-0.25, -0.2) is 4.98 Å². The Bertz CT molecular complexity index is 1250. The average molecular weight is 459 g/mol. The third-order valence-corrected chi connectivity index (χ3v) is 7.01. The van der Waals surface area contributed by atoms with E-state index in [1.54, 1.807) is 6.07 Å². The number of thiophene rings is 1. The summed E-state index contributed by atoms with van der Waals surface area (Å²) in [5, 5.41) is 7.88. The summed E-state index contributed by atoms with van der Waals surface area (Å²) in [6.45, 7) is 0. The fraction of sp³-hybridized carbons (Fsp3) is 0.269. The van der Waals surface area contributed by atoms with Gasteiger partial charge in [0.2, 0.25) is 5.91 Å². The molecule has 1 fully saturated rings. The van der Waals surface area contributed by atoms with Gasteiger partial charge in [-0.15, -0.1) is 11.3 Å². The van der Waals surface area contributed by atoms with Crippen LogP contribution in [0.4, 0.5) is 11.4 Å². The predicted molar refractivity (Wildman–Crippen MR) is 134 cm³/mol. The number of benzene rings is 2. The second-order valence-electron chi connectivity index (χ2n) is 8.50. The minimum atomic E-state index is -0.120. The molecule has 2 amide bonds. The maximum Gasteiger partial charge on any atom is 0.265 e. The van der Waals surface area contributed by atoms with Gasteiger partial charge in [0.05, 0.1) is 15.9 Å². The normalized spacial score (nSPS) is 14.7. The van der Waals surface area contributed by atoms with Crippen molar-refractivity contribution in [1.29, 1.82) is 0 Å². The van der Waals surface area contributed by atoms with E-state index in [0.29, 0.717) is 10.6 Å². The zero-order valence-corrected chi connectivity index (χ0v) is 19.1. The quantitative estimate of drug-likeness (QED) is 0.300. The number of carbonyl (C=O) groups is 2. The molecular weight excluding hydrogens is 432 g/mol. The first-order chi connectivity index (χ1) is 16.2. The average Bonchev–Trinajstić information content (AvgIpc) is 3.43. The van der Waals surface area contributed by atoms with Crippen molar-refractivity contribution in [2.45, 2.75) is 38.5 Å².